The molecule has 0 fully saturated rings. The van der Waals surface area contributed by atoms with Gasteiger partial charge in [-0.15, -0.1) is 11.8 Å². The molecule has 0 bridgehead atoms. The van der Waals surface area contributed by atoms with E-state index in [4.69, 9.17) is 4.74 Å². The number of carbonyl (C=O) groups excluding carboxylic acids is 2. The molecule has 74 valence electrons. The average molecular weight is 246 g/mol. The summed E-state index contributed by atoms with van der Waals surface area (Å²) >= 11 is 3.55. The molecule has 2 aliphatic heterocycles. The topological polar surface area (TPSA) is 43.4 Å². The lowest BCUT2D eigenvalue weighted by molar-refractivity contribution is -0.110. The van der Waals surface area contributed by atoms with E-state index in [1.807, 2.05) is 6.26 Å². The van der Waals surface area contributed by atoms with E-state index >= 15 is 0 Å². The van der Waals surface area contributed by atoms with E-state index in [1.54, 1.807) is 0 Å². The third-order valence-electron chi connectivity index (χ3n) is 1.79. The molecule has 6 heteroatoms. The monoisotopic (exact) mass is 246 g/mol. The van der Waals surface area contributed by atoms with Gasteiger partial charge in [0.1, 0.15) is 0 Å². The first-order valence-electron chi connectivity index (χ1n) is 3.70. The van der Waals surface area contributed by atoms with Crippen LogP contribution in [0.3, 0.4) is 0 Å². The van der Waals surface area contributed by atoms with Gasteiger partial charge in [-0.2, -0.15) is 0 Å². The molecule has 2 heterocycles. The van der Waals surface area contributed by atoms with Crippen LogP contribution in [0.5, 0.6) is 0 Å². The predicted octanol–water partition coefficient (Wildman–Crippen LogP) is 1.97. The first-order chi connectivity index (χ1) is 6.69. The van der Waals surface area contributed by atoms with Crippen LogP contribution < -0.4 is 0 Å². The van der Waals surface area contributed by atoms with Crippen molar-refractivity contribution in [3.8, 4) is 0 Å². The highest BCUT2D eigenvalue weighted by molar-refractivity contribution is 8.26. The fraction of sp³-hybridized carbons (Fsp3) is 0.250. The second-order valence-corrected chi connectivity index (χ2v) is 5.29. The summed E-state index contributed by atoms with van der Waals surface area (Å²) in [6, 6.07) is 0. The van der Waals surface area contributed by atoms with Gasteiger partial charge in [0.15, 0.2) is 5.76 Å². The van der Waals surface area contributed by atoms with Crippen molar-refractivity contribution >= 4 is 45.5 Å². The zero-order valence-corrected chi connectivity index (χ0v) is 9.90. The quantitative estimate of drug-likeness (QED) is 0.742. The molecule has 0 radical (unpaired) electrons. The van der Waals surface area contributed by atoms with Gasteiger partial charge in [0.05, 0.1) is 21.8 Å². The number of hydrogen-bond donors (Lipinski definition) is 0. The summed E-state index contributed by atoms with van der Waals surface area (Å²) in [5.74, 6) is 0.312. The number of thioether (sulfide) groups is 3. The van der Waals surface area contributed by atoms with Gasteiger partial charge in [-0.05, 0) is 29.8 Å². The second-order valence-electron chi connectivity index (χ2n) is 2.50. The second kappa shape index (κ2) is 3.67. The maximum absolute atomic E-state index is 11.5. The lowest BCUT2D eigenvalue weighted by Gasteiger charge is -1.97. The minimum Gasteiger partial charge on any atom is -0.491 e. The predicted molar refractivity (Wildman–Crippen MR) is 59.8 cm³/mol. The van der Waals surface area contributed by atoms with Gasteiger partial charge < -0.3 is 4.74 Å². The zero-order chi connectivity index (χ0) is 10.3. The van der Waals surface area contributed by atoms with E-state index in [-0.39, 0.29) is 10.2 Å². The van der Waals surface area contributed by atoms with E-state index in [0.717, 1.165) is 28.4 Å². The molecule has 0 amide bonds. The Hall–Kier alpha value is -0.330. The van der Waals surface area contributed by atoms with Gasteiger partial charge in [0.2, 0.25) is 5.12 Å². The molecule has 2 rings (SSSR count). The van der Waals surface area contributed by atoms with Crippen molar-refractivity contribution in [2.24, 2.45) is 0 Å². The first-order valence-corrected chi connectivity index (χ1v) is 6.56. The lowest BCUT2D eigenvalue weighted by atomic mass is 10.4. The van der Waals surface area contributed by atoms with E-state index in [1.165, 1.54) is 18.9 Å². The molecule has 0 unspecified atom stereocenters. The molecule has 0 N–H and O–H groups in total. The highest BCUT2D eigenvalue weighted by Gasteiger charge is 2.40. The van der Waals surface area contributed by atoms with E-state index in [2.05, 4.69) is 0 Å². The summed E-state index contributed by atoms with van der Waals surface area (Å²) in [7, 11) is 1.45. The summed E-state index contributed by atoms with van der Waals surface area (Å²) in [5.41, 5.74) is 0. The van der Waals surface area contributed by atoms with Crippen molar-refractivity contribution in [1.29, 1.82) is 0 Å². The van der Waals surface area contributed by atoms with Crippen LogP contribution in [0.25, 0.3) is 0 Å². The Morgan fingerprint density at radius 2 is 1.79 bits per heavy atom. The van der Waals surface area contributed by atoms with E-state index in [0.29, 0.717) is 15.6 Å². The third-order valence-corrected chi connectivity index (χ3v) is 4.94. The van der Waals surface area contributed by atoms with Crippen LogP contribution >= 0.6 is 35.3 Å². The highest BCUT2D eigenvalue weighted by atomic mass is 32.2. The molecule has 0 aromatic carbocycles. The van der Waals surface area contributed by atoms with Crippen molar-refractivity contribution in [1.82, 2.24) is 0 Å². The lowest BCUT2D eigenvalue weighted by Crippen LogP contribution is -1.96. The third kappa shape index (κ3) is 1.32. The number of fused-ring (bicyclic) bond motifs is 1. The maximum Gasteiger partial charge on any atom is 0.260 e. The molecule has 0 spiro atoms. The molecule has 0 aliphatic carbocycles. The molecule has 14 heavy (non-hydrogen) atoms. The summed E-state index contributed by atoms with van der Waals surface area (Å²) < 4.78 is 4.97. The van der Waals surface area contributed by atoms with Crippen LogP contribution in [0.2, 0.25) is 0 Å². The van der Waals surface area contributed by atoms with Gasteiger partial charge in [-0.3, -0.25) is 9.59 Å². The van der Waals surface area contributed by atoms with Gasteiger partial charge in [-0.1, -0.05) is 0 Å². The smallest absolute Gasteiger partial charge is 0.260 e. The SMILES string of the molecule is COC1=C2SC(=O)C(SC)=C2SC1=O. The number of rotatable bonds is 2. The molecule has 0 aromatic heterocycles. The molecular formula is C8H6O3S3. The normalized spacial score (nSPS) is 21.0. The van der Waals surface area contributed by atoms with Crippen LogP contribution in [-0.2, 0) is 14.3 Å². The number of methoxy groups -OCH3 is 1. The Morgan fingerprint density at radius 3 is 2.36 bits per heavy atom. The Morgan fingerprint density at radius 1 is 1.14 bits per heavy atom. The summed E-state index contributed by atoms with van der Waals surface area (Å²) in [6.07, 6.45) is 1.83. The molecule has 2 aliphatic rings. The molecule has 3 nitrogen and oxygen atoms in total. The number of ether oxygens (including phenoxy) is 1. The molecular weight excluding hydrogens is 240 g/mol. The van der Waals surface area contributed by atoms with Gasteiger partial charge in [0, 0.05) is 0 Å². The summed E-state index contributed by atoms with van der Waals surface area (Å²) in [5, 5.41) is -0.0962. The molecule has 0 aromatic rings. The van der Waals surface area contributed by atoms with Crippen LogP contribution in [-0.4, -0.2) is 23.6 Å². The summed E-state index contributed by atoms with van der Waals surface area (Å²) in [4.78, 5) is 25.0. The Balaban J connectivity index is 2.52. The van der Waals surface area contributed by atoms with Crippen molar-refractivity contribution in [3.63, 3.8) is 0 Å². The Labute approximate surface area is 93.7 Å². The Kier molecular flexibility index (Phi) is 2.68. The van der Waals surface area contributed by atoms with Crippen molar-refractivity contribution in [3.05, 3.63) is 20.5 Å². The Bertz CT molecular complexity index is 357. The fourth-order valence-corrected chi connectivity index (χ4v) is 4.53. The van der Waals surface area contributed by atoms with Crippen molar-refractivity contribution in [2.75, 3.05) is 13.4 Å². The highest BCUT2D eigenvalue weighted by Crippen LogP contribution is 2.53. The standard InChI is InChI=1S/C8H6O3S3/c1-11-3-4-5(14-7(3)9)6(12-2)8(10)13-4/h1-2H3. The van der Waals surface area contributed by atoms with E-state index < -0.39 is 0 Å². The molecule has 0 saturated carbocycles. The van der Waals surface area contributed by atoms with Crippen LogP contribution in [0.1, 0.15) is 0 Å². The van der Waals surface area contributed by atoms with Gasteiger partial charge in [-0.25, -0.2) is 0 Å². The van der Waals surface area contributed by atoms with Crippen LogP contribution in [0.15, 0.2) is 20.5 Å². The van der Waals surface area contributed by atoms with Crippen molar-refractivity contribution < 1.29 is 14.3 Å². The number of hydrogen-bond acceptors (Lipinski definition) is 6. The molecule has 0 saturated heterocycles. The minimum absolute atomic E-state index is 0.0112. The van der Waals surface area contributed by atoms with Crippen molar-refractivity contribution in [2.45, 2.75) is 0 Å². The van der Waals surface area contributed by atoms with Gasteiger partial charge in [0.25, 0.3) is 5.12 Å². The average Bonchev–Trinajstić information content (AvgIpc) is 2.58. The van der Waals surface area contributed by atoms with Crippen LogP contribution in [0.4, 0.5) is 0 Å². The largest absolute Gasteiger partial charge is 0.491 e. The van der Waals surface area contributed by atoms with Crippen LogP contribution in [0, 0.1) is 0 Å². The first kappa shape index (κ1) is 10.2. The fourth-order valence-electron chi connectivity index (χ4n) is 1.21. The maximum atomic E-state index is 11.5. The molecule has 0 atom stereocenters. The summed E-state index contributed by atoms with van der Waals surface area (Å²) in [6.45, 7) is 0. The van der Waals surface area contributed by atoms with E-state index in [9.17, 15) is 9.59 Å². The minimum atomic E-state index is -0.107. The van der Waals surface area contributed by atoms with Gasteiger partial charge >= 0.3 is 0 Å². The zero-order valence-electron chi connectivity index (χ0n) is 7.45. The number of carbonyl (C=O) groups is 2.